The third kappa shape index (κ3) is 2.47. The summed E-state index contributed by atoms with van der Waals surface area (Å²) in [7, 11) is 3.40. The van der Waals surface area contributed by atoms with E-state index in [1.807, 2.05) is 12.1 Å². The summed E-state index contributed by atoms with van der Waals surface area (Å²) in [6.45, 7) is 0.357. The SMILES string of the molecule is COc1c2ccc(C(=O)NCc3ccco3)cc2nn1C. The molecule has 1 aromatic carbocycles. The van der Waals surface area contributed by atoms with Gasteiger partial charge in [-0.15, -0.1) is 0 Å². The van der Waals surface area contributed by atoms with Gasteiger partial charge in [0.2, 0.25) is 5.88 Å². The Morgan fingerprint density at radius 1 is 1.43 bits per heavy atom. The quantitative estimate of drug-likeness (QED) is 0.797. The van der Waals surface area contributed by atoms with Gasteiger partial charge in [-0.3, -0.25) is 4.79 Å². The summed E-state index contributed by atoms with van der Waals surface area (Å²) >= 11 is 0. The van der Waals surface area contributed by atoms with Crippen molar-refractivity contribution in [1.82, 2.24) is 15.1 Å². The van der Waals surface area contributed by atoms with E-state index in [-0.39, 0.29) is 5.91 Å². The number of aryl methyl sites for hydroxylation is 1. The van der Waals surface area contributed by atoms with Crippen molar-refractivity contribution in [2.75, 3.05) is 7.11 Å². The molecule has 1 amide bonds. The second kappa shape index (κ2) is 5.32. The van der Waals surface area contributed by atoms with E-state index in [2.05, 4.69) is 10.4 Å². The van der Waals surface area contributed by atoms with E-state index in [9.17, 15) is 4.79 Å². The fourth-order valence-corrected chi connectivity index (χ4v) is 2.24. The van der Waals surface area contributed by atoms with Crippen LogP contribution in [0.15, 0.2) is 41.0 Å². The number of carbonyl (C=O) groups excluding carboxylic acids is 1. The standard InChI is InChI=1S/C15H15N3O3/c1-18-15(20-2)12-6-5-10(8-13(12)17-18)14(19)16-9-11-4-3-7-21-11/h3-8H,9H2,1-2H3,(H,16,19). The lowest BCUT2D eigenvalue weighted by atomic mass is 10.1. The normalized spacial score (nSPS) is 10.8. The van der Waals surface area contributed by atoms with Gasteiger partial charge in [0.25, 0.3) is 5.91 Å². The number of methoxy groups -OCH3 is 1. The molecule has 1 N–H and O–H groups in total. The van der Waals surface area contributed by atoms with Gasteiger partial charge < -0.3 is 14.5 Å². The van der Waals surface area contributed by atoms with Crippen LogP contribution in [0.25, 0.3) is 10.9 Å². The smallest absolute Gasteiger partial charge is 0.251 e. The minimum atomic E-state index is -0.169. The Kier molecular flexibility index (Phi) is 3.35. The highest BCUT2D eigenvalue weighted by atomic mass is 16.5. The van der Waals surface area contributed by atoms with Crippen LogP contribution in [0.5, 0.6) is 5.88 Å². The van der Waals surface area contributed by atoms with Gasteiger partial charge in [-0.1, -0.05) is 0 Å². The number of nitrogens with zero attached hydrogens (tertiary/aromatic N) is 2. The third-order valence-electron chi connectivity index (χ3n) is 3.24. The molecule has 0 bridgehead atoms. The molecule has 0 spiro atoms. The predicted molar refractivity (Wildman–Crippen MR) is 77.1 cm³/mol. The molecule has 0 aliphatic rings. The molecular formula is C15H15N3O3. The van der Waals surface area contributed by atoms with E-state index in [1.54, 1.807) is 43.3 Å². The number of aromatic nitrogens is 2. The van der Waals surface area contributed by atoms with Crippen molar-refractivity contribution in [2.24, 2.45) is 7.05 Å². The van der Waals surface area contributed by atoms with Crippen LogP contribution in [0.2, 0.25) is 0 Å². The molecule has 0 saturated heterocycles. The lowest BCUT2D eigenvalue weighted by Gasteiger charge is -2.03. The Labute approximate surface area is 121 Å². The van der Waals surface area contributed by atoms with Crippen LogP contribution in [0, 0.1) is 0 Å². The first kappa shape index (κ1) is 13.2. The molecule has 3 aromatic rings. The highest BCUT2D eigenvalue weighted by Gasteiger charge is 2.12. The summed E-state index contributed by atoms with van der Waals surface area (Å²) in [5.41, 5.74) is 1.27. The van der Waals surface area contributed by atoms with Crippen molar-refractivity contribution >= 4 is 16.8 Å². The Balaban J connectivity index is 1.82. The second-order valence-corrected chi connectivity index (χ2v) is 4.63. The molecule has 6 nitrogen and oxygen atoms in total. The summed E-state index contributed by atoms with van der Waals surface area (Å²) < 4.78 is 12.1. The first-order valence-electron chi connectivity index (χ1n) is 6.50. The highest BCUT2D eigenvalue weighted by Crippen LogP contribution is 2.25. The monoisotopic (exact) mass is 285 g/mol. The van der Waals surface area contributed by atoms with Crippen molar-refractivity contribution < 1.29 is 13.9 Å². The number of hydrogen-bond acceptors (Lipinski definition) is 4. The molecule has 6 heteroatoms. The van der Waals surface area contributed by atoms with Gasteiger partial charge in [0, 0.05) is 12.6 Å². The number of fused-ring (bicyclic) bond motifs is 1. The van der Waals surface area contributed by atoms with Gasteiger partial charge in [0.15, 0.2) is 0 Å². The number of amides is 1. The molecule has 0 saturated carbocycles. The number of ether oxygens (including phenoxy) is 1. The van der Waals surface area contributed by atoms with Crippen LogP contribution in [-0.4, -0.2) is 22.8 Å². The van der Waals surface area contributed by atoms with Crippen molar-refractivity contribution in [2.45, 2.75) is 6.54 Å². The van der Waals surface area contributed by atoms with E-state index in [1.165, 1.54) is 0 Å². The summed E-state index contributed by atoms with van der Waals surface area (Å²) in [6.07, 6.45) is 1.58. The van der Waals surface area contributed by atoms with Crippen LogP contribution in [0.4, 0.5) is 0 Å². The van der Waals surface area contributed by atoms with Crippen LogP contribution in [-0.2, 0) is 13.6 Å². The zero-order valence-electron chi connectivity index (χ0n) is 11.8. The number of rotatable bonds is 4. The van der Waals surface area contributed by atoms with Crippen LogP contribution in [0.3, 0.4) is 0 Å². The third-order valence-corrected chi connectivity index (χ3v) is 3.24. The lowest BCUT2D eigenvalue weighted by Crippen LogP contribution is -2.22. The number of carbonyl (C=O) groups is 1. The van der Waals surface area contributed by atoms with Gasteiger partial charge in [-0.25, -0.2) is 4.68 Å². The maximum absolute atomic E-state index is 12.1. The molecule has 2 heterocycles. The van der Waals surface area contributed by atoms with E-state index in [4.69, 9.17) is 9.15 Å². The fraction of sp³-hybridized carbons (Fsp3) is 0.200. The van der Waals surface area contributed by atoms with Crippen molar-refractivity contribution in [3.8, 4) is 5.88 Å². The van der Waals surface area contributed by atoms with Crippen LogP contribution >= 0.6 is 0 Å². The second-order valence-electron chi connectivity index (χ2n) is 4.63. The Hall–Kier alpha value is -2.76. The molecule has 3 rings (SSSR count). The molecular weight excluding hydrogens is 270 g/mol. The average Bonchev–Trinajstić information content (AvgIpc) is 3.10. The maximum Gasteiger partial charge on any atom is 0.251 e. The molecule has 21 heavy (non-hydrogen) atoms. The number of benzene rings is 1. The van der Waals surface area contributed by atoms with E-state index in [0.29, 0.717) is 23.7 Å². The van der Waals surface area contributed by atoms with Gasteiger partial charge >= 0.3 is 0 Å². The van der Waals surface area contributed by atoms with E-state index in [0.717, 1.165) is 10.9 Å². The molecule has 0 aliphatic heterocycles. The molecule has 0 aliphatic carbocycles. The molecule has 0 atom stereocenters. The summed E-state index contributed by atoms with van der Waals surface area (Å²) in [6, 6.07) is 8.93. The summed E-state index contributed by atoms with van der Waals surface area (Å²) in [4.78, 5) is 12.1. The zero-order chi connectivity index (χ0) is 14.8. The minimum Gasteiger partial charge on any atom is -0.481 e. The minimum absolute atomic E-state index is 0.169. The first-order chi connectivity index (χ1) is 10.2. The van der Waals surface area contributed by atoms with Crippen molar-refractivity contribution in [3.63, 3.8) is 0 Å². The molecule has 0 radical (unpaired) electrons. The number of nitrogens with one attached hydrogen (secondary N) is 1. The van der Waals surface area contributed by atoms with Gasteiger partial charge in [-0.2, -0.15) is 5.10 Å². The summed E-state index contributed by atoms with van der Waals surface area (Å²) in [5, 5.41) is 8.01. The maximum atomic E-state index is 12.1. The molecule has 2 aromatic heterocycles. The lowest BCUT2D eigenvalue weighted by molar-refractivity contribution is 0.0948. The first-order valence-corrected chi connectivity index (χ1v) is 6.50. The zero-order valence-corrected chi connectivity index (χ0v) is 11.8. The van der Waals surface area contributed by atoms with Gasteiger partial charge in [0.05, 0.1) is 30.8 Å². The number of hydrogen-bond donors (Lipinski definition) is 1. The Morgan fingerprint density at radius 3 is 3.00 bits per heavy atom. The van der Waals surface area contributed by atoms with Crippen molar-refractivity contribution in [3.05, 3.63) is 47.9 Å². The average molecular weight is 285 g/mol. The Bertz CT molecular complexity index is 775. The summed E-state index contributed by atoms with van der Waals surface area (Å²) in [5.74, 6) is 1.22. The van der Waals surface area contributed by atoms with Gasteiger partial charge in [0.1, 0.15) is 5.76 Å². The topological polar surface area (TPSA) is 69.3 Å². The Morgan fingerprint density at radius 2 is 2.29 bits per heavy atom. The molecule has 108 valence electrons. The van der Waals surface area contributed by atoms with Gasteiger partial charge in [-0.05, 0) is 30.3 Å². The largest absolute Gasteiger partial charge is 0.481 e. The van der Waals surface area contributed by atoms with E-state index < -0.39 is 0 Å². The van der Waals surface area contributed by atoms with Crippen molar-refractivity contribution in [1.29, 1.82) is 0 Å². The fourth-order valence-electron chi connectivity index (χ4n) is 2.24. The van der Waals surface area contributed by atoms with E-state index >= 15 is 0 Å². The highest BCUT2D eigenvalue weighted by molar-refractivity contribution is 5.98. The predicted octanol–water partition coefficient (Wildman–Crippen LogP) is 2.10. The van der Waals surface area contributed by atoms with Crippen LogP contribution in [0.1, 0.15) is 16.1 Å². The molecule has 0 fully saturated rings. The molecule has 0 unspecified atom stereocenters. The number of furan rings is 1. The van der Waals surface area contributed by atoms with Crippen LogP contribution < -0.4 is 10.1 Å².